The zero-order valence-corrected chi connectivity index (χ0v) is 14.1. The van der Waals surface area contributed by atoms with Crippen molar-refractivity contribution in [3.8, 4) is 11.5 Å². The van der Waals surface area contributed by atoms with Crippen LogP contribution >= 0.6 is 0 Å². The number of rotatable bonds is 5. The van der Waals surface area contributed by atoms with E-state index in [9.17, 15) is 18.8 Å². The van der Waals surface area contributed by atoms with Crippen LogP contribution in [0.2, 0.25) is 0 Å². The standard InChI is InChI=1S/C19H14FN3O4/c20-13-8-6-12(7-9-13)16-21-23(19(26)27-16)11-3-10-22-17(24)14-4-1-2-5-15(14)18(22)25/h1-2,4-9H,3,10-11H2. The number of carbonyl (C=O) groups is 2. The molecule has 0 fully saturated rings. The Kier molecular flexibility index (Phi) is 4.15. The van der Waals surface area contributed by atoms with Crippen molar-refractivity contribution in [1.29, 1.82) is 0 Å². The van der Waals surface area contributed by atoms with Gasteiger partial charge in [-0.3, -0.25) is 14.5 Å². The highest BCUT2D eigenvalue weighted by Gasteiger charge is 2.34. The lowest BCUT2D eigenvalue weighted by atomic mass is 10.1. The second-order valence-electron chi connectivity index (χ2n) is 6.06. The van der Waals surface area contributed by atoms with Crippen LogP contribution in [0.4, 0.5) is 4.39 Å². The molecule has 1 aromatic heterocycles. The zero-order valence-electron chi connectivity index (χ0n) is 14.1. The lowest BCUT2D eigenvalue weighted by Gasteiger charge is -2.12. The molecule has 0 unspecified atom stereocenters. The van der Waals surface area contributed by atoms with Gasteiger partial charge >= 0.3 is 5.76 Å². The van der Waals surface area contributed by atoms with Crippen LogP contribution in [0.1, 0.15) is 27.1 Å². The molecule has 2 heterocycles. The third-order valence-corrected chi connectivity index (χ3v) is 4.33. The molecule has 0 spiro atoms. The first kappa shape index (κ1) is 16.9. The monoisotopic (exact) mass is 367 g/mol. The minimum absolute atomic E-state index is 0.0840. The molecule has 0 saturated carbocycles. The number of carbonyl (C=O) groups excluding carboxylic acids is 2. The Hall–Kier alpha value is -3.55. The Morgan fingerprint density at radius 1 is 0.889 bits per heavy atom. The summed E-state index contributed by atoms with van der Waals surface area (Å²) in [5.74, 6) is -1.65. The van der Waals surface area contributed by atoms with Gasteiger partial charge in [-0.15, -0.1) is 5.10 Å². The van der Waals surface area contributed by atoms with Crippen LogP contribution in [-0.2, 0) is 6.54 Å². The molecule has 136 valence electrons. The SMILES string of the molecule is O=C1c2ccccc2C(=O)N1CCCn1nc(-c2ccc(F)cc2)oc1=O. The average Bonchev–Trinajstić information content (AvgIpc) is 3.16. The minimum atomic E-state index is -0.656. The van der Waals surface area contributed by atoms with Crippen molar-refractivity contribution < 1.29 is 18.4 Å². The quantitative estimate of drug-likeness (QED) is 0.646. The molecular formula is C19H14FN3O4. The number of halogens is 1. The first-order chi connectivity index (χ1) is 13.0. The molecule has 7 nitrogen and oxygen atoms in total. The maximum atomic E-state index is 13.0. The molecule has 4 rings (SSSR count). The van der Waals surface area contributed by atoms with Gasteiger partial charge < -0.3 is 4.42 Å². The van der Waals surface area contributed by atoms with E-state index in [1.165, 1.54) is 24.3 Å². The molecule has 0 radical (unpaired) electrons. The molecule has 1 aliphatic rings. The van der Waals surface area contributed by atoms with E-state index in [4.69, 9.17) is 4.42 Å². The molecule has 0 bridgehead atoms. The summed E-state index contributed by atoms with van der Waals surface area (Å²) in [5, 5.41) is 4.08. The van der Waals surface area contributed by atoms with Crippen LogP contribution in [0.3, 0.4) is 0 Å². The second kappa shape index (κ2) is 6.64. The van der Waals surface area contributed by atoms with Gasteiger partial charge in [0.1, 0.15) is 5.82 Å². The number of fused-ring (bicyclic) bond motifs is 1. The van der Waals surface area contributed by atoms with Gasteiger partial charge in [0.2, 0.25) is 5.89 Å². The summed E-state index contributed by atoms with van der Waals surface area (Å²) in [5.41, 5.74) is 1.26. The maximum Gasteiger partial charge on any atom is 0.437 e. The summed E-state index contributed by atoms with van der Waals surface area (Å²) >= 11 is 0. The van der Waals surface area contributed by atoms with Crippen LogP contribution in [0.25, 0.3) is 11.5 Å². The third kappa shape index (κ3) is 3.05. The first-order valence-corrected chi connectivity index (χ1v) is 8.34. The van der Waals surface area contributed by atoms with Crippen molar-refractivity contribution >= 4 is 11.8 Å². The molecule has 2 aromatic carbocycles. The highest BCUT2D eigenvalue weighted by Crippen LogP contribution is 2.22. The Labute approximate surface area is 152 Å². The van der Waals surface area contributed by atoms with Crippen LogP contribution in [0, 0.1) is 5.82 Å². The summed E-state index contributed by atoms with van der Waals surface area (Å²) in [6.45, 7) is 0.342. The van der Waals surface area contributed by atoms with E-state index in [0.717, 1.165) is 9.58 Å². The van der Waals surface area contributed by atoms with Crippen LogP contribution < -0.4 is 5.76 Å². The molecule has 0 aliphatic carbocycles. The first-order valence-electron chi connectivity index (χ1n) is 8.34. The van der Waals surface area contributed by atoms with Gasteiger partial charge in [-0.1, -0.05) is 12.1 Å². The molecule has 1 aliphatic heterocycles. The van der Waals surface area contributed by atoms with Gasteiger partial charge in [0.25, 0.3) is 11.8 Å². The van der Waals surface area contributed by atoms with Gasteiger partial charge in [-0.25, -0.2) is 9.18 Å². The third-order valence-electron chi connectivity index (χ3n) is 4.33. The van der Waals surface area contributed by atoms with E-state index >= 15 is 0 Å². The lowest BCUT2D eigenvalue weighted by Crippen LogP contribution is -2.32. The maximum absolute atomic E-state index is 13.0. The summed E-state index contributed by atoms with van der Waals surface area (Å²) < 4.78 is 19.2. The van der Waals surface area contributed by atoms with Crippen molar-refractivity contribution in [1.82, 2.24) is 14.7 Å². The number of amides is 2. The van der Waals surface area contributed by atoms with Crippen molar-refractivity contribution in [3.05, 3.63) is 76.0 Å². The molecular weight excluding hydrogens is 353 g/mol. The Morgan fingerprint density at radius 3 is 2.15 bits per heavy atom. The molecule has 0 N–H and O–H groups in total. The normalized spacial score (nSPS) is 13.3. The molecule has 27 heavy (non-hydrogen) atoms. The minimum Gasteiger partial charge on any atom is -0.388 e. The Bertz CT molecular complexity index is 1050. The Morgan fingerprint density at radius 2 is 1.52 bits per heavy atom. The highest BCUT2D eigenvalue weighted by molar-refractivity contribution is 6.21. The number of hydrogen-bond donors (Lipinski definition) is 0. The van der Waals surface area contributed by atoms with Gasteiger partial charge in [0.15, 0.2) is 0 Å². The number of benzene rings is 2. The van der Waals surface area contributed by atoms with E-state index < -0.39 is 11.6 Å². The number of imide groups is 1. The van der Waals surface area contributed by atoms with E-state index in [-0.39, 0.29) is 30.8 Å². The topological polar surface area (TPSA) is 85.4 Å². The largest absolute Gasteiger partial charge is 0.437 e. The summed E-state index contributed by atoms with van der Waals surface area (Å²) in [4.78, 5) is 37.7. The predicted octanol–water partition coefficient (Wildman–Crippen LogP) is 2.33. The molecule has 3 aromatic rings. The van der Waals surface area contributed by atoms with Crippen LogP contribution in [-0.4, -0.2) is 33.0 Å². The Balaban J connectivity index is 1.43. The van der Waals surface area contributed by atoms with Gasteiger partial charge in [0.05, 0.1) is 11.1 Å². The van der Waals surface area contributed by atoms with Gasteiger partial charge in [-0.2, -0.15) is 4.68 Å². The second-order valence-corrected chi connectivity index (χ2v) is 6.06. The van der Waals surface area contributed by atoms with Crippen molar-refractivity contribution in [2.75, 3.05) is 6.54 Å². The lowest BCUT2D eigenvalue weighted by molar-refractivity contribution is 0.0650. The number of nitrogens with zero attached hydrogens (tertiary/aromatic N) is 3. The predicted molar refractivity (Wildman–Crippen MR) is 92.6 cm³/mol. The average molecular weight is 367 g/mol. The van der Waals surface area contributed by atoms with Crippen molar-refractivity contribution in [3.63, 3.8) is 0 Å². The zero-order chi connectivity index (χ0) is 19.0. The summed E-state index contributed by atoms with van der Waals surface area (Å²) in [6, 6.07) is 12.1. The van der Waals surface area contributed by atoms with Crippen LogP contribution in [0.15, 0.2) is 57.7 Å². The van der Waals surface area contributed by atoms with Crippen molar-refractivity contribution in [2.45, 2.75) is 13.0 Å². The smallest absolute Gasteiger partial charge is 0.388 e. The van der Waals surface area contributed by atoms with E-state index in [2.05, 4.69) is 5.10 Å². The summed E-state index contributed by atoms with van der Waals surface area (Å²) in [7, 11) is 0. The number of aryl methyl sites for hydroxylation is 1. The molecule has 8 heteroatoms. The summed E-state index contributed by atoms with van der Waals surface area (Å²) in [6.07, 6.45) is 0.348. The highest BCUT2D eigenvalue weighted by atomic mass is 19.1. The van der Waals surface area contributed by atoms with Gasteiger partial charge in [-0.05, 0) is 42.8 Å². The van der Waals surface area contributed by atoms with Gasteiger partial charge in [0, 0.05) is 18.7 Å². The number of aromatic nitrogens is 2. The fourth-order valence-electron chi connectivity index (χ4n) is 2.98. The van der Waals surface area contributed by atoms with E-state index in [0.29, 0.717) is 23.1 Å². The molecule has 2 amide bonds. The fourth-order valence-corrected chi connectivity index (χ4v) is 2.98. The van der Waals surface area contributed by atoms with Crippen molar-refractivity contribution in [2.24, 2.45) is 0 Å². The van der Waals surface area contributed by atoms with E-state index in [1.807, 2.05) is 0 Å². The van der Waals surface area contributed by atoms with Crippen LogP contribution in [0.5, 0.6) is 0 Å². The molecule has 0 saturated heterocycles. The number of hydrogen-bond acceptors (Lipinski definition) is 5. The fraction of sp³-hybridized carbons (Fsp3) is 0.158. The van der Waals surface area contributed by atoms with E-state index in [1.54, 1.807) is 24.3 Å². The molecule has 0 atom stereocenters.